The zero-order valence-electron chi connectivity index (χ0n) is 23.7. The summed E-state index contributed by atoms with van der Waals surface area (Å²) in [6.07, 6.45) is 4.30. The minimum Gasteiger partial charge on any atom is -0.398 e. The number of ether oxygens (including phenoxy) is 4. The molecule has 1 saturated heterocycles. The minimum absolute atomic E-state index is 0.00794. The lowest BCUT2D eigenvalue weighted by Crippen LogP contribution is -2.78. The third-order valence-electron chi connectivity index (χ3n) is 12.5. The third-order valence-corrected chi connectivity index (χ3v) is 12.5. The van der Waals surface area contributed by atoms with Crippen molar-refractivity contribution in [2.24, 2.45) is 35.0 Å². The number of methoxy groups -OCH3 is 3. The lowest BCUT2D eigenvalue weighted by Gasteiger charge is -2.69. The number of piperidine rings is 1. The number of nitrogens with zero attached hydrogens (tertiary/aromatic N) is 1. The molecule has 0 unspecified atom stereocenters. The number of fused-ring (bicyclic) bond motifs is 2. The highest BCUT2D eigenvalue weighted by Gasteiger charge is 2.84. The van der Waals surface area contributed by atoms with Gasteiger partial charge in [-0.2, -0.15) is 0 Å². The van der Waals surface area contributed by atoms with Crippen molar-refractivity contribution in [1.29, 1.82) is 0 Å². The SMILES string of the molecule is CCN1C[C@]2(OCC(=O)c3ccccc3N)CC[C@@H](OC)[C@@]34[C@@H]2C[C@H]([C@@H]13)[C@@]1(O)C[C@H](OC)[C@H]2C[C@H]4[C@@H]1[C@H]2OC. The van der Waals surface area contributed by atoms with Crippen molar-refractivity contribution in [3.63, 3.8) is 0 Å². The van der Waals surface area contributed by atoms with Crippen LogP contribution in [0.4, 0.5) is 5.69 Å². The van der Waals surface area contributed by atoms with Crippen LogP contribution in [0.25, 0.3) is 0 Å². The van der Waals surface area contributed by atoms with Crippen molar-refractivity contribution in [3.05, 3.63) is 29.8 Å². The lowest BCUT2D eigenvalue weighted by molar-refractivity contribution is -0.290. The molecular formula is C31H44N2O6. The Hall–Kier alpha value is -1.55. The topological polar surface area (TPSA) is 103 Å². The normalized spacial score (nSPS) is 49.3. The van der Waals surface area contributed by atoms with Crippen LogP contribution < -0.4 is 5.73 Å². The van der Waals surface area contributed by atoms with Crippen LogP contribution in [0.3, 0.4) is 0 Å². The van der Waals surface area contributed by atoms with Gasteiger partial charge < -0.3 is 29.8 Å². The number of benzene rings is 1. The summed E-state index contributed by atoms with van der Waals surface area (Å²) in [5, 5.41) is 12.8. The van der Waals surface area contributed by atoms with Gasteiger partial charge in [-0.3, -0.25) is 9.69 Å². The number of rotatable bonds is 8. The predicted molar refractivity (Wildman–Crippen MR) is 145 cm³/mol. The van der Waals surface area contributed by atoms with Gasteiger partial charge in [0.05, 0.1) is 29.5 Å². The van der Waals surface area contributed by atoms with Gasteiger partial charge in [0.1, 0.15) is 6.61 Å². The fraction of sp³-hybridized carbons (Fsp3) is 0.774. The standard InChI is InChI=1S/C31H44N2O6/c1-5-33-16-29(39-15-22(34)17-8-6-7-9-21(17)32)11-10-25(37-3)31-19-12-18-23(36-2)14-30(35,26(19)27(18)38-4)20(28(31)33)13-24(29)31/h6-9,18-20,23-28,35H,5,10-16,32H2,1-4H3/t18-,19+,20-,23+,24-,25-,26-,27+,28-,29-,30+,31-/m1/s1. The van der Waals surface area contributed by atoms with E-state index in [-0.39, 0.29) is 71.7 Å². The first kappa shape index (κ1) is 26.4. The Bertz CT molecular complexity index is 1150. The molecule has 12 atom stereocenters. The molecule has 1 aromatic rings. The molecule has 1 spiro atoms. The quantitative estimate of drug-likeness (QED) is 0.383. The van der Waals surface area contributed by atoms with Crippen molar-refractivity contribution in [2.45, 2.75) is 74.6 Å². The van der Waals surface area contributed by atoms with Crippen molar-refractivity contribution < 1.29 is 28.8 Å². The Balaban J connectivity index is 1.33. The molecule has 0 aromatic heterocycles. The van der Waals surface area contributed by atoms with Crippen LogP contribution in [0.5, 0.6) is 0 Å². The van der Waals surface area contributed by atoms with E-state index in [0.717, 1.165) is 38.8 Å². The van der Waals surface area contributed by atoms with Crippen molar-refractivity contribution in [1.82, 2.24) is 4.90 Å². The predicted octanol–water partition coefficient (Wildman–Crippen LogP) is 2.77. The van der Waals surface area contributed by atoms with E-state index in [4.69, 9.17) is 24.7 Å². The lowest BCUT2D eigenvalue weighted by atomic mass is 9.45. The number of nitrogens with two attached hydrogens (primary N) is 1. The van der Waals surface area contributed by atoms with Gasteiger partial charge in [-0.15, -0.1) is 0 Å². The Morgan fingerprint density at radius 1 is 1.13 bits per heavy atom. The Morgan fingerprint density at radius 2 is 1.92 bits per heavy atom. The van der Waals surface area contributed by atoms with Crippen LogP contribution >= 0.6 is 0 Å². The van der Waals surface area contributed by atoms with Crippen LogP contribution in [0.2, 0.25) is 0 Å². The molecule has 5 saturated carbocycles. The molecule has 39 heavy (non-hydrogen) atoms. The highest BCUT2D eigenvalue weighted by atomic mass is 16.5. The second kappa shape index (κ2) is 8.97. The molecule has 1 aromatic carbocycles. The molecule has 5 aliphatic carbocycles. The van der Waals surface area contributed by atoms with Crippen LogP contribution in [0.15, 0.2) is 24.3 Å². The van der Waals surface area contributed by atoms with Gasteiger partial charge in [0.2, 0.25) is 0 Å². The number of hydrogen-bond donors (Lipinski definition) is 2. The molecule has 1 aliphatic heterocycles. The molecule has 3 N–H and O–H groups in total. The van der Waals surface area contributed by atoms with Gasteiger partial charge in [-0.05, 0) is 56.2 Å². The summed E-state index contributed by atoms with van der Waals surface area (Å²) < 4.78 is 25.5. The van der Waals surface area contributed by atoms with Crippen LogP contribution in [0.1, 0.15) is 49.4 Å². The number of likely N-dealkylation sites (tertiary alicyclic amines) is 1. The first-order chi connectivity index (χ1) is 18.8. The summed E-state index contributed by atoms with van der Waals surface area (Å²) in [5.41, 5.74) is 5.67. The maximum Gasteiger partial charge on any atom is 0.190 e. The number of hydrogen-bond acceptors (Lipinski definition) is 8. The number of carbonyl (C=O) groups is 1. The molecule has 0 radical (unpaired) electrons. The van der Waals surface area contributed by atoms with Crippen molar-refractivity contribution >= 4 is 11.5 Å². The van der Waals surface area contributed by atoms with E-state index in [1.165, 1.54) is 0 Å². The number of likely N-dealkylation sites (N-methyl/N-ethyl adjacent to an activating group) is 1. The molecule has 1 heterocycles. The molecule has 8 nitrogen and oxygen atoms in total. The molecule has 8 heteroatoms. The molecule has 6 fully saturated rings. The highest BCUT2D eigenvalue weighted by Crippen LogP contribution is 2.78. The molecule has 7 bridgehead atoms. The first-order valence-corrected chi connectivity index (χ1v) is 14.9. The van der Waals surface area contributed by atoms with Crippen molar-refractivity contribution in [2.75, 3.05) is 46.8 Å². The average Bonchev–Trinajstić information content (AvgIpc) is 3.41. The highest BCUT2D eigenvalue weighted by molar-refractivity contribution is 6.01. The van der Waals surface area contributed by atoms with Gasteiger partial charge in [0.25, 0.3) is 0 Å². The van der Waals surface area contributed by atoms with Gasteiger partial charge in [-0.1, -0.05) is 19.1 Å². The van der Waals surface area contributed by atoms with Gasteiger partial charge in [0, 0.05) is 74.8 Å². The van der Waals surface area contributed by atoms with Crippen molar-refractivity contribution in [3.8, 4) is 0 Å². The largest absolute Gasteiger partial charge is 0.398 e. The molecule has 6 aliphatic rings. The van der Waals surface area contributed by atoms with E-state index >= 15 is 0 Å². The van der Waals surface area contributed by atoms with Crippen LogP contribution in [-0.4, -0.2) is 92.4 Å². The van der Waals surface area contributed by atoms with Crippen LogP contribution in [-0.2, 0) is 18.9 Å². The zero-order valence-corrected chi connectivity index (χ0v) is 23.7. The number of Topliss-reactive ketones (excluding diaryl/α,β-unsaturated/α-hetero) is 1. The Kier molecular flexibility index (Phi) is 6.06. The number of nitrogen functional groups attached to an aromatic ring is 1. The molecule has 0 amide bonds. The number of para-hydroxylation sites is 1. The Morgan fingerprint density at radius 3 is 2.62 bits per heavy atom. The van der Waals surface area contributed by atoms with Gasteiger partial charge in [0.15, 0.2) is 5.78 Å². The minimum atomic E-state index is -0.859. The molecular weight excluding hydrogens is 496 g/mol. The average molecular weight is 541 g/mol. The van der Waals surface area contributed by atoms with Gasteiger partial charge in [-0.25, -0.2) is 0 Å². The maximum absolute atomic E-state index is 13.3. The van der Waals surface area contributed by atoms with Gasteiger partial charge >= 0.3 is 0 Å². The fourth-order valence-corrected chi connectivity index (χ4v) is 11.5. The number of anilines is 1. The number of carbonyl (C=O) groups excluding carboxylic acids is 1. The Labute approximate surface area is 231 Å². The van der Waals surface area contributed by atoms with E-state index in [1.807, 2.05) is 19.2 Å². The number of ketones is 1. The van der Waals surface area contributed by atoms with E-state index < -0.39 is 11.2 Å². The summed E-state index contributed by atoms with van der Waals surface area (Å²) in [5.74, 6) is 0.780. The van der Waals surface area contributed by atoms with Crippen LogP contribution in [0, 0.1) is 35.0 Å². The molecule has 7 rings (SSSR count). The summed E-state index contributed by atoms with van der Waals surface area (Å²) in [6.45, 7) is 3.88. The summed E-state index contributed by atoms with van der Waals surface area (Å²) in [6, 6.07) is 7.46. The zero-order chi connectivity index (χ0) is 27.3. The first-order valence-electron chi connectivity index (χ1n) is 14.9. The van der Waals surface area contributed by atoms with E-state index in [1.54, 1.807) is 26.4 Å². The smallest absolute Gasteiger partial charge is 0.190 e. The summed E-state index contributed by atoms with van der Waals surface area (Å²) >= 11 is 0. The maximum atomic E-state index is 13.3. The van der Waals surface area contributed by atoms with E-state index in [9.17, 15) is 9.90 Å². The summed E-state index contributed by atoms with van der Waals surface area (Å²) in [7, 11) is 5.45. The number of aliphatic hydroxyl groups is 1. The second-order valence-electron chi connectivity index (χ2n) is 13.2. The molecule has 214 valence electrons. The van der Waals surface area contributed by atoms with E-state index in [0.29, 0.717) is 17.7 Å². The third kappa shape index (κ3) is 3.14. The summed E-state index contributed by atoms with van der Waals surface area (Å²) in [4.78, 5) is 15.9. The second-order valence-corrected chi connectivity index (χ2v) is 13.2. The van der Waals surface area contributed by atoms with E-state index in [2.05, 4.69) is 11.8 Å². The fourth-order valence-electron chi connectivity index (χ4n) is 11.5. The monoisotopic (exact) mass is 540 g/mol.